The van der Waals surface area contributed by atoms with E-state index < -0.39 is 0 Å². The molecule has 0 saturated heterocycles. The van der Waals surface area contributed by atoms with E-state index >= 15 is 0 Å². The molecule has 3 rings (SSSR count). The monoisotopic (exact) mass is 329 g/mol. The van der Waals surface area contributed by atoms with Crippen LogP contribution in [-0.4, -0.2) is 17.3 Å². The molecule has 1 aromatic carbocycles. The number of aliphatic hydroxyl groups excluding tert-OH is 1. The second-order valence-corrected chi connectivity index (χ2v) is 8.45. The summed E-state index contributed by atoms with van der Waals surface area (Å²) in [6.07, 6.45) is 13.9. The highest BCUT2D eigenvalue weighted by atomic mass is 16.3. The highest BCUT2D eigenvalue weighted by molar-refractivity contribution is 5.36. The Morgan fingerprint density at radius 3 is 2.79 bits per heavy atom. The molecule has 0 radical (unpaired) electrons. The Hall–Kier alpha value is -0.860. The van der Waals surface area contributed by atoms with Gasteiger partial charge in [0.1, 0.15) is 0 Å². The summed E-state index contributed by atoms with van der Waals surface area (Å²) in [4.78, 5) is 0. The zero-order valence-corrected chi connectivity index (χ0v) is 15.4. The molecule has 2 aliphatic carbocycles. The van der Waals surface area contributed by atoms with Crippen molar-refractivity contribution < 1.29 is 5.11 Å². The molecule has 3 atom stereocenters. The molecule has 2 heteroatoms. The van der Waals surface area contributed by atoms with Crippen molar-refractivity contribution in [2.75, 3.05) is 6.61 Å². The molecule has 1 aromatic rings. The normalized spacial score (nSPS) is 29.6. The quantitative estimate of drug-likeness (QED) is 0.711. The predicted molar refractivity (Wildman–Crippen MR) is 101 cm³/mol. The Morgan fingerprint density at radius 1 is 1.17 bits per heavy atom. The minimum atomic E-state index is -0.343. The largest absolute Gasteiger partial charge is 0.394 e. The predicted octanol–water partition coefficient (Wildman–Crippen LogP) is 4.72. The average Bonchev–Trinajstić information content (AvgIpc) is 3.01. The summed E-state index contributed by atoms with van der Waals surface area (Å²) in [7, 11) is 0. The second kappa shape index (κ2) is 8.01. The number of rotatable bonds is 7. The van der Waals surface area contributed by atoms with E-state index in [0.29, 0.717) is 5.92 Å². The van der Waals surface area contributed by atoms with Gasteiger partial charge in [0, 0.05) is 5.54 Å². The molecule has 0 heterocycles. The van der Waals surface area contributed by atoms with Crippen molar-refractivity contribution >= 4 is 0 Å². The van der Waals surface area contributed by atoms with Crippen LogP contribution in [0.25, 0.3) is 0 Å². The van der Waals surface area contributed by atoms with Crippen molar-refractivity contribution in [3.63, 3.8) is 0 Å². The maximum Gasteiger partial charge on any atom is 0.0611 e. The maximum absolute atomic E-state index is 9.49. The lowest BCUT2D eigenvalue weighted by molar-refractivity contribution is 0.198. The van der Waals surface area contributed by atoms with Gasteiger partial charge >= 0.3 is 0 Å². The Labute approximate surface area is 147 Å². The lowest BCUT2D eigenvalue weighted by Gasteiger charge is -2.26. The van der Waals surface area contributed by atoms with Gasteiger partial charge in [-0.05, 0) is 67.1 Å². The molecule has 0 spiro atoms. The summed E-state index contributed by atoms with van der Waals surface area (Å²) in [5, 5.41) is 9.49. The van der Waals surface area contributed by atoms with Gasteiger partial charge in [-0.1, -0.05) is 57.2 Å². The molecular formula is C22H35NO. The number of unbranched alkanes of at least 4 members (excludes halogenated alkanes) is 3. The Bertz CT molecular complexity index is 541. The van der Waals surface area contributed by atoms with E-state index in [1.54, 1.807) is 11.1 Å². The van der Waals surface area contributed by atoms with Crippen LogP contribution in [0, 0.1) is 5.92 Å². The van der Waals surface area contributed by atoms with Gasteiger partial charge < -0.3 is 10.8 Å². The molecule has 2 nitrogen and oxygen atoms in total. The first kappa shape index (κ1) is 17.9. The first-order valence-corrected chi connectivity index (χ1v) is 10.1. The van der Waals surface area contributed by atoms with Crippen LogP contribution in [0.2, 0.25) is 0 Å². The van der Waals surface area contributed by atoms with Crippen LogP contribution in [0.3, 0.4) is 0 Å². The van der Waals surface area contributed by atoms with E-state index in [1.165, 1.54) is 56.9 Å². The molecule has 1 saturated carbocycles. The van der Waals surface area contributed by atoms with Gasteiger partial charge in [-0.2, -0.15) is 0 Å². The van der Waals surface area contributed by atoms with Crippen molar-refractivity contribution in [1.82, 2.24) is 0 Å². The molecule has 0 amide bonds. The van der Waals surface area contributed by atoms with E-state index in [0.717, 1.165) is 25.2 Å². The third kappa shape index (κ3) is 4.21. The molecule has 2 aliphatic rings. The Morgan fingerprint density at radius 2 is 2.04 bits per heavy atom. The van der Waals surface area contributed by atoms with Crippen molar-refractivity contribution in [3.05, 3.63) is 34.9 Å². The molecule has 134 valence electrons. The highest BCUT2D eigenvalue weighted by Crippen LogP contribution is 2.40. The van der Waals surface area contributed by atoms with Gasteiger partial charge in [0.15, 0.2) is 0 Å². The number of benzene rings is 1. The van der Waals surface area contributed by atoms with Gasteiger partial charge in [0.2, 0.25) is 0 Å². The van der Waals surface area contributed by atoms with Gasteiger partial charge in [-0.3, -0.25) is 0 Å². The number of aryl methyl sites for hydroxylation is 1. The Balaban J connectivity index is 1.58. The molecule has 0 bridgehead atoms. The maximum atomic E-state index is 9.49. The summed E-state index contributed by atoms with van der Waals surface area (Å²) in [6, 6.07) is 7.18. The topological polar surface area (TPSA) is 46.2 Å². The second-order valence-electron chi connectivity index (χ2n) is 8.45. The summed E-state index contributed by atoms with van der Waals surface area (Å²) < 4.78 is 0. The third-order valence-corrected chi connectivity index (χ3v) is 6.46. The summed E-state index contributed by atoms with van der Waals surface area (Å²) in [6.45, 7) is 2.40. The molecule has 0 aliphatic heterocycles. The lowest BCUT2D eigenvalue weighted by atomic mass is 9.79. The van der Waals surface area contributed by atoms with Gasteiger partial charge in [-0.25, -0.2) is 0 Å². The van der Waals surface area contributed by atoms with Crippen molar-refractivity contribution in [1.29, 1.82) is 0 Å². The van der Waals surface area contributed by atoms with Gasteiger partial charge in [0.05, 0.1) is 6.61 Å². The fourth-order valence-electron chi connectivity index (χ4n) is 4.80. The van der Waals surface area contributed by atoms with Crippen LogP contribution < -0.4 is 5.73 Å². The number of aliphatic hydroxyl groups is 1. The minimum absolute atomic E-state index is 0.119. The minimum Gasteiger partial charge on any atom is -0.394 e. The van der Waals surface area contributed by atoms with E-state index in [9.17, 15) is 5.11 Å². The van der Waals surface area contributed by atoms with Gasteiger partial charge in [0.25, 0.3) is 0 Å². The lowest BCUT2D eigenvalue weighted by Crippen LogP contribution is -2.40. The third-order valence-electron chi connectivity index (χ3n) is 6.46. The van der Waals surface area contributed by atoms with Crippen LogP contribution >= 0.6 is 0 Å². The van der Waals surface area contributed by atoms with E-state index in [4.69, 9.17) is 5.73 Å². The number of hydrogen-bond donors (Lipinski definition) is 2. The standard InChI is InChI=1S/C22H35NO/c1-2-3-4-5-6-17-7-8-19-14-20(10-9-18(19)13-17)21-11-12-22(23,15-21)16-24/h9-10,14,17,21,24H,2-8,11-13,15-16,23H2,1H3/t17-,21+,22-/m1/s1. The first-order chi connectivity index (χ1) is 11.6. The van der Waals surface area contributed by atoms with Crippen LogP contribution in [0.1, 0.15) is 87.3 Å². The number of nitrogens with two attached hydrogens (primary N) is 1. The zero-order chi connectivity index (χ0) is 17.0. The highest BCUT2D eigenvalue weighted by Gasteiger charge is 2.36. The van der Waals surface area contributed by atoms with E-state index in [1.807, 2.05) is 0 Å². The number of hydrogen-bond acceptors (Lipinski definition) is 2. The van der Waals surface area contributed by atoms with Crippen molar-refractivity contribution in [2.45, 2.75) is 89.0 Å². The zero-order valence-electron chi connectivity index (χ0n) is 15.4. The van der Waals surface area contributed by atoms with Crippen LogP contribution in [0.15, 0.2) is 18.2 Å². The fraction of sp³-hybridized carbons (Fsp3) is 0.727. The summed E-state index contributed by atoms with van der Waals surface area (Å²) in [5.41, 5.74) is 10.5. The molecule has 0 aromatic heterocycles. The van der Waals surface area contributed by atoms with Crippen molar-refractivity contribution in [3.8, 4) is 0 Å². The molecule has 3 N–H and O–H groups in total. The van der Waals surface area contributed by atoms with Crippen LogP contribution in [0.4, 0.5) is 0 Å². The van der Waals surface area contributed by atoms with Crippen LogP contribution in [-0.2, 0) is 12.8 Å². The van der Waals surface area contributed by atoms with Crippen molar-refractivity contribution in [2.24, 2.45) is 11.7 Å². The van der Waals surface area contributed by atoms with Gasteiger partial charge in [-0.15, -0.1) is 0 Å². The fourth-order valence-corrected chi connectivity index (χ4v) is 4.80. The van der Waals surface area contributed by atoms with Crippen LogP contribution in [0.5, 0.6) is 0 Å². The average molecular weight is 330 g/mol. The van der Waals surface area contributed by atoms with E-state index in [2.05, 4.69) is 25.1 Å². The summed E-state index contributed by atoms with van der Waals surface area (Å²) in [5.74, 6) is 1.44. The SMILES string of the molecule is CCCCCC[C@@H]1CCc2cc([C@H]3CC[C@](N)(CO)C3)ccc2C1. The number of fused-ring (bicyclic) bond motifs is 1. The molecule has 0 unspecified atom stereocenters. The summed E-state index contributed by atoms with van der Waals surface area (Å²) >= 11 is 0. The molecule has 1 fully saturated rings. The Kier molecular flexibility index (Phi) is 5.99. The van der Waals surface area contributed by atoms with E-state index in [-0.39, 0.29) is 12.1 Å². The molecular weight excluding hydrogens is 294 g/mol. The smallest absolute Gasteiger partial charge is 0.0611 e. The first-order valence-electron chi connectivity index (χ1n) is 10.1. The molecule has 24 heavy (non-hydrogen) atoms.